The van der Waals surface area contributed by atoms with Crippen LogP contribution in [0.15, 0.2) is 48.5 Å². The standard InChI is InChI=1S/C17H20O/c1-14-15(8-5-6-13-18)11-7-12-17(14)16-9-3-2-4-10-16/h2-4,7,9-12,18H,5-6,8,13H2,1H3. The minimum Gasteiger partial charge on any atom is -0.396 e. The average Bonchev–Trinajstić information content (AvgIpc) is 2.42. The zero-order valence-electron chi connectivity index (χ0n) is 10.9. The van der Waals surface area contributed by atoms with Gasteiger partial charge >= 0.3 is 0 Å². The molecule has 0 unspecified atom stereocenters. The molecule has 2 aromatic carbocycles. The molecule has 2 rings (SSSR count). The highest BCUT2D eigenvalue weighted by Gasteiger charge is 2.05. The molecule has 2 aromatic rings. The van der Waals surface area contributed by atoms with Crippen molar-refractivity contribution in [3.8, 4) is 11.1 Å². The Balaban J connectivity index is 2.25. The van der Waals surface area contributed by atoms with Crippen molar-refractivity contribution in [1.29, 1.82) is 0 Å². The highest BCUT2D eigenvalue weighted by molar-refractivity contribution is 5.68. The third-order valence-electron chi connectivity index (χ3n) is 3.39. The Morgan fingerprint density at radius 3 is 2.39 bits per heavy atom. The summed E-state index contributed by atoms with van der Waals surface area (Å²) in [5.74, 6) is 0. The van der Waals surface area contributed by atoms with Crippen molar-refractivity contribution in [3.63, 3.8) is 0 Å². The summed E-state index contributed by atoms with van der Waals surface area (Å²) in [6, 6.07) is 17.0. The quantitative estimate of drug-likeness (QED) is 0.784. The van der Waals surface area contributed by atoms with Crippen molar-refractivity contribution in [2.45, 2.75) is 26.2 Å². The Kier molecular flexibility index (Phi) is 4.54. The number of hydrogen-bond donors (Lipinski definition) is 1. The highest BCUT2D eigenvalue weighted by atomic mass is 16.2. The fraction of sp³-hybridized carbons (Fsp3) is 0.294. The molecular formula is C17H20O. The van der Waals surface area contributed by atoms with Crippen molar-refractivity contribution in [3.05, 3.63) is 59.7 Å². The molecule has 1 nitrogen and oxygen atoms in total. The fourth-order valence-corrected chi connectivity index (χ4v) is 2.31. The lowest BCUT2D eigenvalue weighted by Gasteiger charge is -2.11. The molecule has 0 saturated heterocycles. The van der Waals surface area contributed by atoms with Gasteiger partial charge in [-0.25, -0.2) is 0 Å². The van der Waals surface area contributed by atoms with Gasteiger partial charge in [0.1, 0.15) is 0 Å². The lowest BCUT2D eigenvalue weighted by molar-refractivity contribution is 0.284. The molecular weight excluding hydrogens is 220 g/mol. The molecule has 0 atom stereocenters. The van der Waals surface area contributed by atoms with Crippen molar-refractivity contribution in [2.75, 3.05) is 6.61 Å². The summed E-state index contributed by atoms with van der Waals surface area (Å²) in [5, 5.41) is 8.85. The summed E-state index contributed by atoms with van der Waals surface area (Å²) in [4.78, 5) is 0. The van der Waals surface area contributed by atoms with Gasteiger partial charge in [-0.15, -0.1) is 0 Å². The zero-order valence-corrected chi connectivity index (χ0v) is 10.9. The van der Waals surface area contributed by atoms with Crippen LogP contribution in [0.2, 0.25) is 0 Å². The Hall–Kier alpha value is -1.60. The van der Waals surface area contributed by atoms with Gasteiger partial charge in [0, 0.05) is 6.61 Å². The van der Waals surface area contributed by atoms with E-state index < -0.39 is 0 Å². The van der Waals surface area contributed by atoms with E-state index in [0.717, 1.165) is 19.3 Å². The van der Waals surface area contributed by atoms with E-state index in [2.05, 4.69) is 49.4 Å². The Morgan fingerprint density at radius 2 is 1.67 bits per heavy atom. The summed E-state index contributed by atoms with van der Waals surface area (Å²) in [6.07, 6.45) is 2.98. The van der Waals surface area contributed by atoms with Crippen LogP contribution >= 0.6 is 0 Å². The Bertz CT molecular complexity index is 488. The number of aryl methyl sites for hydroxylation is 1. The summed E-state index contributed by atoms with van der Waals surface area (Å²) >= 11 is 0. The van der Waals surface area contributed by atoms with E-state index in [9.17, 15) is 0 Å². The number of unbranched alkanes of at least 4 members (excludes halogenated alkanes) is 1. The monoisotopic (exact) mass is 240 g/mol. The van der Waals surface area contributed by atoms with Gasteiger partial charge in [0.15, 0.2) is 0 Å². The molecule has 0 aromatic heterocycles. The molecule has 1 heteroatoms. The van der Waals surface area contributed by atoms with Crippen LogP contribution in [0, 0.1) is 6.92 Å². The van der Waals surface area contributed by atoms with Crippen LogP contribution in [-0.4, -0.2) is 11.7 Å². The molecule has 0 aliphatic rings. The Morgan fingerprint density at radius 1 is 0.889 bits per heavy atom. The van der Waals surface area contributed by atoms with Gasteiger partial charge in [-0.2, -0.15) is 0 Å². The maximum absolute atomic E-state index is 8.85. The highest BCUT2D eigenvalue weighted by Crippen LogP contribution is 2.26. The molecule has 0 spiro atoms. The van der Waals surface area contributed by atoms with E-state index in [1.165, 1.54) is 22.3 Å². The maximum Gasteiger partial charge on any atom is 0.0431 e. The van der Waals surface area contributed by atoms with Gasteiger partial charge in [-0.3, -0.25) is 0 Å². The van der Waals surface area contributed by atoms with Crippen LogP contribution in [0.4, 0.5) is 0 Å². The molecule has 0 amide bonds. The number of aliphatic hydroxyl groups excluding tert-OH is 1. The van der Waals surface area contributed by atoms with E-state index >= 15 is 0 Å². The molecule has 0 saturated carbocycles. The Labute approximate surface area is 109 Å². The normalized spacial score (nSPS) is 10.6. The number of benzene rings is 2. The van der Waals surface area contributed by atoms with E-state index in [1.807, 2.05) is 6.07 Å². The van der Waals surface area contributed by atoms with Gasteiger partial charge in [0.05, 0.1) is 0 Å². The van der Waals surface area contributed by atoms with E-state index in [4.69, 9.17) is 5.11 Å². The molecule has 0 heterocycles. The van der Waals surface area contributed by atoms with Gasteiger partial charge in [-0.1, -0.05) is 48.5 Å². The lowest BCUT2D eigenvalue weighted by Crippen LogP contribution is -1.94. The summed E-state index contributed by atoms with van der Waals surface area (Å²) < 4.78 is 0. The first kappa shape index (κ1) is 12.8. The van der Waals surface area contributed by atoms with Crippen molar-refractivity contribution >= 4 is 0 Å². The van der Waals surface area contributed by atoms with E-state index in [1.54, 1.807) is 0 Å². The van der Waals surface area contributed by atoms with E-state index in [-0.39, 0.29) is 6.61 Å². The van der Waals surface area contributed by atoms with Crippen LogP contribution in [0.1, 0.15) is 24.0 Å². The minimum atomic E-state index is 0.289. The fourth-order valence-electron chi connectivity index (χ4n) is 2.31. The van der Waals surface area contributed by atoms with Crippen LogP contribution in [0.25, 0.3) is 11.1 Å². The predicted octanol–water partition coefficient (Wildman–Crippen LogP) is 3.98. The number of hydrogen-bond acceptors (Lipinski definition) is 1. The third-order valence-corrected chi connectivity index (χ3v) is 3.39. The largest absolute Gasteiger partial charge is 0.396 e. The molecule has 18 heavy (non-hydrogen) atoms. The van der Waals surface area contributed by atoms with Crippen molar-refractivity contribution < 1.29 is 5.11 Å². The lowest BCUT2D eigenvalue weighted by atomic mass is 9.94. The summed E-state index contributed by atoms with van der Waals surface area (Å²) in [5.41, 5.74) is 5.35. The summed E-state index contributed by atoms with van der Waals surface area (Å²) in [7, 11) is 0. The summed E-state index contributed by atoms with van der Waals surface area (Å²) in [6.45, 7) is 2.48. The molecule has 94 valence electrons. The van der Waals surface area contributed by atoms with Crippen LogP contribution in [0.3, 0.4) is 0 Å². The maximum atomic E-state index is 8.85. The van der Waals surface area contributed by atoms with Crippen LogP contribution in [-0.2, 0) is 6.42 Å². The molecule has 0 fully saturated rings. The third kappa shape index (κ3) is 2.99. The molecule has 0 bridgehead atoms. The molecule has 0 aliphatic carbocycles. The van der Waals surface area contributed by atoms with Crippen LogP contribution in [0.5, 0.6) is 0 Å². The SMILES string of the molecule is Cc1c(CCCCO)cccc1-c1ccccc1. The molecule has 0 radical (unpaired) electrons. The zero-order chi connectivity index (χ0) is 12.8. The number of rotatable bonds is 5. The first-order chi connectivity index (χ1) is 8.83. The second-order valence-electron chi connectivity index (χ2n) is 4.64. The smallest absolute Gasteiger partial charge is 0.0431 e. The number of aliphatic hydroxyl groups is 1. The van der Waals surface area contributed by atoms with E-state index in [0.29, 0.717) is 0 Å². The van der Waals surface area contributed by atoms with Crippen LogP contribution < -0.4 is 0 Å². The predicted molar refractivity (Wildman–Crippen MR) is 76.6 cm³/mol. The average molecular weight is 240 g/mol. The van der Waals surface area contributed by atoms with Crippen molar-refractivity contribution in [2.24, 2.45) is 0 Å². The van der Waals surface area contributed by atoms with Gasteiger partial charge in [-0.05, 0) is 48.4 Å². The minimum absolute atomic E-state index is 0.289. The first-order valence-electron chi connectivity index (χ1n) is 6.57. The van der Waals surface area contributed by atoms with Gasteiger partial charge < -0.3 is 5.11 Å². The topological polar surface area (TPSA) is 20.2 Å². The molecule has 1 N–H and O–H groups in total. The van der Waals surface area contributed by atoms with Gasteiger partial charge in [0.2, 0.25) is 0 Å². The van der Waals surface area contributed by atoms with Crippen molar-refractivity contribution in [1.82, 2.24) is 0 Å². The van der Waals surface area contributed by atoms with Gasteiger partial charge in [0.25, 0.3) is 0 Å². The second kappa shape index (κ2) is 6.36. The first-order valence-corrected chi connectivity index (χ1v) is 6.57. The second-order valence-corrected chi connectivity index (χ2v) is 4.64. The molecule has 0 aliphatic heterocycles.